The maximum Gasteiger partial charge on any atom is 0.261 e. The van der Waals surface area contributed by atoms with Gasteiger partial charge in [-0.25, -0.2) is 9.97 Å². The molecule has 1 aromatic carbocycles. The van der Waals surface area contributed by atoms with E-state index in [0.29, 0.717) is 27.5 Å². The summed E-state index contributed by atoms with van der Waals surface area (Å²) in [6.07, 6.45) is 1.58. The van der Waals surface area contributed by atoms with Crippen LogP contribution in [0.2, 0.25) is 0 Å². The molecule has 0 unspecified atom stereocenters. The topological polar surface area (TPSA) is 116 Å². The fourth-order valence-electron chi connectivity index (χ4n) is 2.42. The highest BCUT2D eigenvalue weighted by Crippen LogP contribution is 2.34. The summed E-state index contributed by atoms with van der Waals surface area (Å²) in [5.74, 6) is -0.283. The molecule has 0 aliphatic carbocycles. The number of hydrogen-bond acceptors (Lipinski definition) is 7. The average molecular weight is 372 g/mol. The van der Waals surface area contributed by atoms with E-state index in [-0.39, 0.29) is 16.1 Å². The number of thiophene rings is 1. The van der Waals surface area contributed by atoms with Crippen molar-refractivity contribution in [2.75, 3.05) is 19.5 Å². The zero-order chi connectivity index (χ0) is 18.8. The third-order valence-electron chi connectivity index (χ3n) is 3.64. The Bertz CT molecular complexity index is 1020. The number of ether oxygens (including phenoxy) is 2. The van der Waals surface area contributed by atoms with Crippen LogP contribution in [-0.2, 0) is 0 Å². The van der Waals surface area contributed by atoms with Crippen LogP contribution in [0, 0.1) is 6.92 Å². The normalized spacial score (nSPS) is 10.6. The Morgan fingerprint density at radius 1 is 1.23 bits per heavy atom. The third-order valence-corrected chi connectivity index (χ3v) is 4.74. The van der Waals surface area contributed by atoms with E-state index >= 15 is 0 Å². The number of aryl methyl sites for hydroxylation is 1. The van der Waals surface area contributed by atoms with E-state index < -0.39 is 11.8 Å². The molecule has 0 saturated heterocycles. The fourth-order valence-corrected chi connectivity index (χ4v) is 3.31. The van der Waals surface area contributed by atoms with Crippen molar-refractivity contribution in [2.45, 2.75) is 6.92 Å². The molecule has 2 amide bonds. The van der Waals surface area contributed by atoms with E-state index in [1.807, 2.05) is 0 Å². The summed E-state index contributed by atoms with van der Waals surface area (Å²) in [5, 5.41) is 2.72. The minimum absolute atomic E-state index is 0.181. The van der Waals surface area contributed by atoms with Crippen LogP contribution in [0.5, 0.6) is 11.5 Å². The van der Waals surface area contributed by atoms with Gasteiger partial charge in [-0.3, -0.25) is 9.59 Å². The summed E-state index contributed by atoms with van der Waals surface area (Å²) in [6.45, 7) is 1.77. The van der Waals surface area contributed by atoms with Gasteiger partial charge in [-0.15, -0.1) is 11.3 Å². The molecule has 0 spiro atoms. The van der Waals surface area contributed by atoms with Crippen LogP contribution < -0.4 is 20.5 Å². The number of primary amides is 1. The number of rotatable bonds is 5. The van der Waals surface area contributed by atoms with Crippen LogP contribution >= 0.6 is 11.3 Å². The lowest BCUT2D eigenvalue weighted by molar-refractivity contribution is 0.100. The molecular weight excluding hydrogens is 356 g/mol. The highest BCUT2D eigenvalue weighted by molar-refractivity contribution is 7.21. The standard InChI is InChI=1S/C17H16N4O4S/c1-8-7-19-17-13(20-8)12(14(26-17)15(18)22)21-16(23)10-6-9(24-2)4-5-11(10)25-3/h4-7H,1-3H3,(H2,18,22)(H,21,23). The summed E-state index contributed by atoms with van der Waals surface area (Å²) >= 11 is 1.08. The number of aromatic nitrogens is 2. The number of methoxy groups -OCH3 is 2. The number of anilines is 1. The van der Waals surface area contributed by atoms with Crippen LogP contribution in [0.1, 0.15) is 25.7 Å². The summed E-state index contributed by atoms with van der Waals surface area (Å²) in [6, 6.07) is 4.85. The van der Waals surface area contributed by atoms with Crippen LogP contribution in [-0.4, -0.2) is 36.0 Å². The second-order valence-electron chi connectivity index (χ2n) is 5.36. The number of carbonyl (C=O) groups excluding carboxylic acids is 2. The average Bonchev–Trinajstić information content (AvgIpc) is 2.99. The van der Waals surface area contributed by atoms with Gasteiger partial charge in [0.25, 0.3) is 11.8 Å². The number of benzene rings is 1. The lowest BCUT2D eigenvalue weighted by Crippen LogP contribution is -2.17. The van der Waals surface area contributed by atoms with E-state index in [0.717, 1.165) is 11.3 Å². The van der Waals surface area contributed by atoms with Crippen molar-refractivity contribution in [1.29, 1.82) is 0 Å². The first-order valence-corrected chi connectivity index (χ1v) is 8.35. The maximum absolute atomic E-state index is 12.8. The van der Waals surface area contributed by atoms with Crippen molar-refractivity contribution < 1.29 is 19.1 Å². The molecular formula is C17H16N4O4S. The van der Waals surface area contributed by atoms with Crippen molar-refractivity contribution >= 4 is 39.2 Å². The molecule has 0 bridgehead atoms. The number of nitrogens with zero attached hydrogens (tertiary/aromatic N) is 2. The number of nitrogens with two attached hydrogens (primary N) is 1. The summed E-state index contributed by atoms with van der Waals surface area (Å²) < 4.78 is 10.4. The molecule has 9 heteroatoms. The van der Waals surface area contributed by atoms with Crippen LogP contribution in [0.4, 0.5) is 5.69 Å². The van der Waals surface area contributed by atoms with Gasteiger partial charge in [-0.2, -0.15) is 0 Å². The van der Waals surface area contributed by atoms with Gasteiger partial charge in [0.1, 0.15) is 26.7 Å². The summed E-state index contributed by atoms with van der Waals surface area (Å²) in [7, 11) is 2.96. The fraction of sp³-hybridized carbons (Fsp3) is 0.176. The molecule has 0 radical (unpaired) electrons. The van der Waals surface area contributed by atoms with Crippen LogP contribution in [0.15, 0.2) is 24.4 Å². The molecule has 3 N–H and O–H groups in total. The van der Waals surface area contributed by atoms with E-state index in [4.69, 9.17) is 15.2 Å². The minimum atomic E-state index is -0.666. The Hall–Kier alpha value is -3.20. The third kappa shape index (κ3) is 3.16. The molecule has 8 nitrogen and oxygen atoms in total. The Morgan fingerprint density at radius 3 is 2.65 bits per heavy atom. The highest BCUT2D eigenvalue weighted by atomic mass is 32.1. The lowest BCUT2D eigenvalue weighted by atomic mass is 10.1. The molecule has 0 aliphatic rings. The monoisotopic (exact) mass is 372 g/mol. The Morgan fingerprint density at radius 2 is 2.00 bits per heavy atom. The summed E-state index contributed by atoms with van der Waals surface area (Å²) in [5.41, 5.74) is 7.01. The highest BCUT2D eigenvalue weighted by Gasteiger charge is 2.22. The van der Waals surface area contributed by atoms with Gasteiger partial charge < -0.3 is 20.5 Å². The minimum Gasteiger partial charge on any atom is -0.497 e. The number of carbonyl (C=O) groups is 2. The van der Waals surface area contributed by atoms with Crippen LogP contribution in [0.3, 0.4) is 0 Å². The van der Waals surface area contributed by atoms with Gasteiger partial charge in [-0.05, 0) is 25.1 Å². The van der Waals surface area contributed by atoms with E-state index in [1.54, 1.807) is 31.3 Å². The first-order valence-electron chi connectivity index (χ1n) is 7.54. The second kappa shape index (κ2) is 6.96. The van der Waals surface area contributed by atoms with Crippen molar-refractivity contribution in [1.82, 2.24) is 9.97 Å². The maximum atomic E-state index is 12.8. The molecule has 0 fully saturated rings. The summed E-state index contributed by atoms with van der Waals surface area (Å²) in [4.78, 5) is 33.9. The number of fused-ring (bicyclic) bond motifs is 1. The molecule has 3 rings (SSSR count). The Balaban J connectivity index is 2.09. The molecule has 3 aromatic rings. The predicted molar refractivity (Wildman–Crippen MR) is 98.2 cm³/mol. The predicted octanol–water partition coefficient (Wildman–Crippen LogP) is 2.37. The van der Waals surface area contributed by atoms with Crippen molar-refractivity contribution in [2.24, 2.45) is 5.73 Å². The number of hydrogen-bond donors (Lipinski definition) is 2. The van der Waals surface area contributed by atoms with Gasteiger partial charge in [0.15, 0.2) is 0 Å². The largest absolute Gasteiger partial charge is 0.497 e. The SMILES string of the molecule is COc1ccc(OC)c(C(=O)Nc2c(C(N)=O)sc3ncc(C)nc23)c1. The number of nitrogens with one attached hydrogen (secondary N) is 1. The molecule has 26 heavy (non-hydrogen) atoms. The van der Waals surface area contributed by atoms with Crippen molar-refractivity contribution in [3.05, 3.63) is 40.5 Å². The molecule has 134 valence electrons. The van der Waals surface area contributed by atoms with Gasteiger partial charge in [0, 0.05) is 6.20 Å². The molecule has 0 atom stereocenters. The van der Waals surface area contributed by atoms with Gasteiger partial charge in [0.05, 0.1) is 31.2 Å². The van der Waals surface area contributed by atoms with E-state index in [1.165, 1.54) is 14.2 Å². The van der Waals surface area contributed by atoms with Crippen molar-refractivity contribution in [3.8, 4) is 11.5 Å². The zero-order valence-electron chi connectivity index (χ0n) is 14.3. The smallest absolute Gasteiger partial charge is 0.261 e. The zero-order valence-corrected chi connectivity index (χ0v) is 15.1. The van der Waals surface area contributed by atoms with E-state index in [2.05, 4.69) is 15.3 Å². The van der Waals surface area contributed by atoms with Gasteiger partial charge >= 0.3 is 0 Å². The molecule has 0 saturated carbocycles. The Labute approximate surface area is 153 Å². The number of amides is 2. The Kier molecular flexibility index (Phi) is 4.72. The van der Waals surface area contributed by atoms with E-state index in [9.17, 15) is 9.59 Å². The van der Waals surface area contributed by atoms with Gasteiger partial charge in [-0.1, -0.05) is 0 Å². The second-order valence-corrected chi connectivity index (χ2v) is 6.35. The molecule has 2 aromatic heterocycles. The van der Waals surface area contributed by atoms with Crippen molar-refractivity contribution in [3.63, 3.8) is 0 Å². The molecule has 0 aliphatic heterocycles. The first kappa shape index (κ1) is 17.6. The van der Waals surface area contributed by atoms with Gasteiger partial charge in [0.2, 0.25) is 0 Å². The van der Waals surface area contributed by atoms with Crippen LogP contribution in [0.25, 0.3) is 10.3 Å². The first-order chi connectivity index (χ1) is 12.4. The quantitative estimate of drug-likeness (QED) is 0.710. The molecule has 2 heterocycles. The lowest BCUT2D eigenvalue weighted by Gasteiger charge is -2.11.